The average molecular weight is 264 g/mol. The first-order chi connectivity index (χ1) is 9.08. The van der Waals surface area contributed by atoms with Crippen LogP contribution in [-0.2, 0) is 0 Å². The zero-order valence-electron chi connectivity index (χ0n) is 11.4. The van der Waals surface area contributed by atoms with E-state index in [0.717, 1.165) is 25.1 Å². The van der Waals surface area contributed by atoms with Crippen LogP contribution in [0.3, 0.4) is 0 Å². The second kappa shape index (κ2) is 5.97. The lowest BCUT2D eigenvalue weighted by Gasteiger charge is -2.28. The normalized spacial score (nSPS) is 19.2. The van der Waals surface area contributed by atoms with Gasteiger partial charge in [-0.1, -0.05) is 6.42 Å². The number of aromatic nitrogens is 1. The fraction of sp³-hybridized carbons (Fsp3) is 0.615. The molecule has 1 atom stereocenters. The molecule has 19 heavy (non-hydrogen) atoms. The fourth-order valence-electron chi connectivity index (χ4n) is 2.47. The molecule has 1 unspecified atom stereocenters. The summed E-state index contributed by atoms with van der Waals surface area (Å²) in [6.45, 7) is 3.59. The minimum absolute atomic E-state index is 0.0818. The number of rotatable bonds is 4. The molecule has 1 aliphatic rings. The molecule has 1 aromatic heterocycles. The Balaban J connectivity index is 2.13. The third-order valence-corrected chi connectivity index (χ3v) is 3.45. The van der Waals surface area contributed by atoms with Gasteiger partial charge in [-0.2, -0.15) is 0 Å². The molecule has 1 saturated heterocycles. The third-order valence-electron chi connectivity index (χ3n) is 3.45. The first-order valence-corrected chi connectivity index (χ1v) is 6.63. The maximum atomic E-state index is 11.1. The summed E-state index contributed by atoms with van der Waals surface area (Å²) in [5, 5.41) is 14.5. The Morgan fingerprint density at radius 2 is 2.37 bits per heavy atom. The minimum Gasteiger partial charge on any atom is -0.352 e. The Kier molecular flexibility index (Phi) is 4.31. The van der Waals surface area contributed by atoms with Crippen molar-refractivity contribution in [2.45, 2.75) is 32.2 Å². The summed E-state index contributed by atoms with van der Waals surface area (Å²) in [7, 11) is 1.86. The van der Waals surface area contributed by atoms with E-state index in [9.17, 15) is 10.1 Å². The van der Waals surface area contributed by atoms with Gasteiger partial charge in [-0.05, 0) is 31.9 Å². The zero-order valence-corrected chi connectivity index (χ0v) is 11.4. The molecule has 1 aromatic rings. The van der Waals surface area contributed by atoms with Crippen LogP contribution in [0.2, 0.25) is 0 Å². The fourth-order valence-corrected chi connectivity index (χ4v) is 2.47. The van der Waals surface area contributed by atoms with Crippen molar-refractivity contribution in [2.24, 2.45) is 0 Å². The maximum absolute atomic E-state index is 11.1. The van der Waals surface area contributed by atoms with Crippen LogP contribution < -0.4 is 10.2 Å². The van der Waals surface area contributed by atoms with Crippen LogP contribution in [0, 0.1) is 17.0 Å². The van der Waals surface area contributed by atoms with E-state index in [-0.39, 0.29) is 10.6 Å². The van der Waals surface area contributed by atoms with Crippen LogP contribution in [0.1, 0.15) is 24.8 Å². The van der Waals surface area contributed by atoms with Gasteiger partial charge in [-0.3, -0.25) is 10.1 Å². The Bertz CT molecular complexity index is 458. The van der Waals surface area contributed by atoms with Crippen molar-refractivity contribution in [1.29, 1.82) is 0 Å². The second-order valence-electron chi connectivity index (χ2n) is 5.14. The van der Waals surface area contributed by atoms with Crippen molar-refractivity contribution in [2.75, 3.05) is 25.0 Å². The van der Waals surface area contributed by atoms with Gasteiger partial charge in [0, 0.05) is 31.9 Å². The average Bonchev–Trinajstić information content (AvgIpc) is 2.39. The molecule has 0 aliphatic carbocycles. The highest BCUT2D eigenvalue weighted by atomic mass is 16.6. The molecule has 104 valence electrons. The van der Waals surface area contributed by atoms with Crippen molar-refractivity contribution in [1.82, 2.24) is 10.3 Å². The molecule has 0 spiro atoms. The van der Waals surface area contributed by atoms with Gasteiger partial charge in [-0.15, -0.1) is 0 Å². The lowest BCUT2D eigenvalue weighted by atomic mass is 10.0. The number of anilines is 1. The molecule has 0 radical (unpaired) electrons. The van der Waals surface area contributed by atoms with Crippen molar-refractivity contribution >= 4 is 11.5 Å². The van der Waals surface area contributed by atoms with Crippen molar-refractivity contribution in [3.05, 3.63) is 27.9 Å². The van der Waals surface area contributed by atoms with E-state index in [4.69, 9.17) is 0 Å². The standard InChI is InChI=1S/C13H20N4O2/c1-10-7-12(17(18)19)13(15-8-10)16(2)9-11-5-3-4-6-14-11/h7-8,11,14H,3-6,9H2,1-2H3. The van der Waals surface area contributed by atoms with Gasteiger partial charge in [0.25, 0.3) is 0 Å². The number of hydrogen-bond donors (Lipinski definition) is 1. The monoisotopic (exact) mass is 264 g/mol. The van der Waals surface area contributed by atoms with Crippen LogP contribution in [0.15, 0.2) is 12.3 Å². The van der Waals surface area contributed by atoms with Crippen LogP contribution in [-0.4, -0.2) is 36.1 Å². The van der Waals surface area contributed by atoms with Gasteiger partial charge >= 0.3 is 5.69 Å². The predicted octanol–water partition coefficient (Wildman–Crippen LogP) is 1.88. The molecule has 0 saturated carbocycles. The summed E-state index contributed by atoms with van der Waals surface area (Å²) in [6.07, 6.45) is 5.22. The summed E-state index contributed by atoms with van der Waals surface area (Å²) in [4.78, 5) is 16.8. The van der Waals surface area contributed by atoms with Gasteiger partial charge in [0.1, 0.15) is 0 Å². The molecular weight excluding hydrogens is 244 g/mol. The molecule has 6 heteroatoms. The molecule has 1 aliphatic heterocycles. The molecule has 0 amide bonds. The molecule has 1 N–H and O–H groups in total. The number of pyridine rings is 1. The molecule has 0 aromatic carbocycles. The molecular formula is C13H20N4O2. The van der Waals surface area contributed by atoms with Crippen molar-refractivity contribution in [3.8, 4) is 0 Å². The SMILES string of the molecule is Cc1cnc(N(C)CC2CCCCN2)c([N+](=O)[O-])c1. The van der Waals surface area contributed by atoms with Crippen molar-refractivity contribution < 1.29 is 4.92 Å². The summed E-state index contributed by atoms with van der Waals surface area (Å²) in [5.41, 5.74) is 0.887. The Morgan fingerprint density at radius 1 is 1.58 bits per heavy atom. The molecule has 1 fully saturated rings. The minimum atomic E-state index is -0.361. The number of hydrogen-bond acceptors (Lipinski definition) is 5. The summed E-state index contributed by atoms with van der Waals surface area (Å²) >= 11 is 0. The zero-order chi connectivity index (χ0) is 13.8. The number of nitrogens with zero attached hydrogens (tertiary/aromatic N) is 3. The van der Waals surface area contributed by atoms with E-state index < -0.39 is 0 Å². The van der Waals surface area contributed by atoms with Crippen LogP contribution in [0.25, 0.3) is 0 Å². The number of nitro groups is 1. The van der Waals surface area contributed by atoms with Gasteiger partial charge in [-0.25, -0.2) is 4.98 Å². The quantitative estimate of drug-likeness (QED) is 0.664. The topological polar surface area (TPSA) is 71.3 Å². The number of piperidine rings is 1. The Morgan fingerprint density at radius 3 is 3.00 bits per heavy atom. The Labute approximate surface area is 113 Å². The first kappa shape index (κ1) is 13.7. The van der Waals surface area contributed by atoms with Crippen LogP contribution in [0.4, 0.5) is 11.5 Å². The molecule has 2 rings (SSSR count). The number of nitrogens with one attached hydrogen (secondary N) is 1. The largest absolute Gasteiger partial charge is 0.352 e. The maximum Gasteiger partial charge on any atom is 0.311 e. The summed E-state index contributed by atoms with van der Waals surface area (Å²) in [6, 6.07) is 1.97. The highest BCUT2D eigenvalue weighted by Crippen LogP contribution is 2.26. The lowest BCUT2D eigenvalue weighted by molar-refractivity contribution is -0.384. The summed E-state index contributed by atoms with van der Waals surface area (Å²) in [5.74, 6) is 0.447. The highest BCUT2D eigenvalue weighted by Gasteiger charge is 2.22. The van der Waals surface area contributed by atoms with Gasteiger partial charge in [0.05, 0.1) is 4.92 Å². The van der Waals surface area contributed by atoms with E-state index >= 15 is 0 Å². The Hall–Kier alpha value is -1.69. The highest BCUT2D eigenvalue weighted by molar-refractivity contribution is 5.58. The summed E-state index contributed by atoms with van der Waals surface area (Å²) < 4.78 is 0. The van der Waals surface area contributed by atoms with Crippen LogP contribution >= 0.6 is 0 Å². The third kappa shape index (κ3) is 3.41. The van der Waals surface area contributed by atoms with Crippen LogP contribution in [0.5, 0.6) is 0 Å². The van der Waals surface area contributed by atoms with E-state index in [0.29, 0.717) is 11.9 Å². The molecule has 0 bridgehead atoms. The molecule has 6 nitrogen and oxygen atoms in total. The lowest BCUT2D eigenvalue weighted by Crippen LogP contribution is -2.42. The van der Waals surface area contributed by atoms with Gasteiger partial charge in [0.2, 0.25) is 5.82 Å². The smallest absolute Gasteiger partial charge is 0.311 e. The van der Waals surface area contributed by atoms with Crippen molar-refractivity contribution in [3.63, 3.8) is 0 Å². The van der Waals surface area contributed by atoms with E-state index in [1.165, 1.54) is 12.8 Å². The van der Waals surface area contributed by atoms with Gasteiger partial charge < -0.3 is 10.2 Å². The van der Waals surface area contributed by atoms with E-state index in [2.05, 4.69) is 10.3 Å². The predicted molar refractivity (Wildman–Crippen MR) is 74.5 cm³/mol. The second-order valence-corrected chi connectivity index (χ2v) is 5.14. The van der Waals surface area contributed by atoms with E-state index in [1.807, 2.05) is 18.9 Å². The number of likely N-dealkylation sites (N-methyl/N-ethyl adjacent to an activating group) is 1. The number of aryl methyl sites for hydroxylation is 1. The molecule has 2 heterocycles. The first-order valence-electron chi connectivity index (χ1n) is 6.63. The van der Waals surface area contributed by atoms with E-state index in [1.54, 1.807) is 12.3 Å². The van der Waals surface area contributed by atoms with Gasteiger partial charge in [0.15, 0.2) is 0 Å².